The van der Waals surface area contributed by atoms with E-state index in [2.05, 4.69) is 0 Å². The SMILES string of the molecule is CCOc1cc(O)ccc1-c1cc(=O)c2cccc(Cl)c2o1. The van der Waals surface area contributed by atoms with E-state index >= 15 is 0 Å². The van der Waals surface area contributed by atoms with Crippen LogP contribution in [0.4, 0.5) is 0 Å². The molecule has 3 aromatic rings. The van der Waals surface area contributed by atoms with Crippen LogP contribution in [0.1, 0.15) is 6.92 Å². The van der Waals surface area contributed by atoms with Crippen molar-refractivity contribution in [1.29, 1.82) is 0 Å². The number of aromatic hydroxyl groups is 1. The van der Waals surface area contributed by atoms with Crippen LogP contribution in [0, 0.1) is 0 Å². The maximum absolute atomic E-state index is 12.3. The van der Waals surface area contributed by atoms with Crippen molar-refractivity contribution in [2.24, 2.45) is 0 Å². The average Bonchev–Trinajstić information content (AvgIpc) is 2.49. The monoisotopic (exact) mass is 316 g/mol. The van der Waals surface area contributed by atoms with E-state index in [1.807, 2.05) is 6.92 Å². The molecule has 0 fully saturated rings. The van der Waals surface area contributed by atoms with Crippen molar-refractivity contribution in [2.45, 2.75) is 6.92 Å². The van der Waals surface area contributed by atoms with Gasteiger partial charge in [-0.1, -0.05) is 17.7 Å². The second-order valence-electron chi connectivity index (χ2n) is 4.70. The van der Waals surface area contributed by atoms with E-state index in [1.165, 1.54) is 18.2 Å². The lowest BCUT2D eigenvalue weighted by Gasteiger charge is -2.10. The van der Waals surface area contributed by atoms with Crippen molar-refractivity contribution < 1.29 is 14.3 Å². The molecule has 1 N–H and O–H groups in total. The molecule has 0 aliphatic carbocycles. The third-order valence-corrected chi connectivity index (χ3v) is 3.53. The van der Waals surface area contributed by atoms with Crippen LogP contribution in [-0.2, 0) is 0 Å². The lowest BCUT2D eigenvalue weighted by atomic mass is 10.1. The van der Waals surface area contributed by atoms with Gasteiger partial charge < -0.3 is 14.3 Å². The fourth-order valence-electron chi connectivity index (χ4n) is 2.27. The number of hydrogen-bond acceptors (Lipinski definition) is 4. The van der Waals surface area contributed by atoms with Crippen molar-refractivity contribution in [3.8, 4) is 22.8 Å². The number of ether oxygens (including phenoxy) is 1. The Bertz CT molecular complexity index is 899. The first-order valence-corrected chi connectivity index (χ1v) is 7.16. The molecule has 0 saturated heterocycles. The molecule has 1 aromatic heterocycles. The number of phenols is 1. The van der Waals surface area contributed by atoms with Gasteiger partial charge >= 0.3 is 0 Å². The zero-order valence-corrected chi connectivity index (χ0v) is 12.6. The molecule has 0 aliphatic rings. The fourth-order valence-corrected chi connectivity index (χ4v) is 2.48. The van der Waals surface area contributed by atoms with Crippen molar-refractivity contribution in [2.75, 3.05) is 6.61 Å². The van der Waals surface area contributed by atoms with Crippen molar-refractivity contribution in [1.82, 2.24) is 0 Å². The molecular weight excluding hydrogens is 304 g/mol. The topological polar surface area (TPSA) is 59.7 Å². The number of fused-ring (bicyclic) bond motifs is 1. The molecule has 5 heteroatoms. The zero-order valence-electron chi connectivity index (χ0n) is 11.8. The standard InChI is InChI=1S/C17H13ClO4/c1-2-21-15-8-10(19)6-7-12(15)16-9-14(20)11-4-3-5-13(18)17(11)22-16/h3-9,19H,2H2,1H3. The molecular formula is C17H13ClO4. The van der Waals surface area contributed by atoms with E-state index in [9.17, 15) is 9.90 Å². The van der Waals surface area contributed by atoms with Crippen LogP contribution in [0.2, 0.25) is 5.02 Å². The van der Waals surface area contributed by atoms with Gasteiger partial charge in [0.15, 0.2) is 11.0 Å². The van der Waals surface area contributed by atoms with Gasteiger partial charge in [0.1, 0.15) is 17.3 Å². The highest BCUT2D eigenvalue weighted by Crippen LogP contribution is 2.34. The highest BCUT2D eigenvalue weighted by Gasteiger charge is 2.14. The van der Waals surface area contributed by atoms with E-state index in [4.69, 9.17) is 20.8 Å². The predicted molar refractivity (Wildman–Crippen MR) is 85.8 cm³/mol. The van der Waals surface area contributed by atoms with E-state index in [0.717, 1.165) is 0 Å². The molecule has 0 spiro atoms. The number of halogens is 1. The van der Waals surface area contributed by atoms with Crippen LogP contribution in [0.15, 0.2) is 51.7 Å². The van der Waals surface area contributed by atoms with Crippen molar-refractivity contribution >= 4 is 22.6 Å². The maximum atomic E-state index is 12.3. The van der Waals surface area contributed by atoms with Crippen LogP contribution in [0.3, 0.4) is 0 Å². The Morgan fingerprint density at radius 2 is 2.05 bits per heavy atom. The highest BCUT2D eigenvalue weighted by atomic mass is 35.5. The molecule has 3 rings (SSSR count). The van der Waals surface area contributed by atoms with Crippen LogP contribution in [0.5, 0.6) is 11.5 Å². The minimum Gasteiger partial charge on any atom is -0.508 e. The summed E-state index contributed by atoms with van der Waals surface area (Å²) in [7, 11) is 0. The van der Waals surface area contributed by atoms with Crippen LogP contribution in [0.25, 0.3) is 22.3 Å². The van der Waals surface area contributed by atoms with Gasteiger partial charge in [0, 0.05) is 12.1 Å². The Hall–Kier alpha value is -2.46. The van der Waals surface area contributed by atoms with E-state index < -0.39 is 0 Å². The smallest absolute Gasteiger partial charge is 0.193 e. The highest BCUT2D eigenvalue weighted by molar-refractivity contribution is 6.34. The molecule has 22 heavy (non-hydrogen) atoms. The fraction of sp³-hybridized carbons (Fsp3) is 0.118. The normalized spacial score (nSPS) is 10.8. The summed E-state index contributed by atoms with van der Waals surface area (Å²) in [6.07, 6.45) is 0. The lowest BCUT2D eigenvalue weighted by Crippen LogP contribution is -2.01. The molecule has 0 radical (unpaired) electrons. The summed E-state index contributed by atoms with van der Waals surface area (Å²) in [5.74, 6) is 0.861. The summed E-state index contributed by atoms with van der Waals surface area (Å²) < 4.78 is 11.3. The Balaban J connectivity index is 2.27. The number of benzene rings is 2. The Morgan fingerprint density at radius 3 is 2.82 bits per heavy atom. The first kappa shape index (κ1) is 14.5. The second-order valence-corrected chi connectivity index (χ2v) is 5.11. The summed E-state index contributed by atoms with van der Waals surface area (Å²) in [6, 6.07) is 11.1. The molecule has 0 bridgehead atoms. The molecule has 112 valence electrons. The molecule has 0 unspecified atom stereocenters. The third-order valence-electron chi connectivity index (χ3n) is 3.24. The molecule has 0 amide bonds. The summed E-state index contributed by atoms with van der Waals surface area (Å²) in [4.78, 5) is 12.3. The molecule has 2 aromatic carbocycles. The number of hydrogen-bond donors (Lipinski definition) is 1. The molecule has 1 heterocycles. The summed E-state index contributed by atoms with van der Waals surface area (Å²) in [5.41, 5.74) is 0.732. The predicted octanol–water partition coefficient (Wildman–Crippen LogP) is 4.22. The van der Waals surface area contributed by atoms with Gasteiger partial charge in [0.2, 0.25) is 0 Å². The van der Waals surface area contributed by atoms with E-state index in [-0.39, 0.29) is 11.2 Å². The number of para-hydroxylation sites is 1. The van der Waals surface area contributed by atoms with Crippen LogP contribution < -0.4 is 10.2 Å². The average molecular weight is 317 g/mol. The van der Waals surface area contributed by atoms with Crippen LogP contribution in [-0.4, -0.2) is 11.7 Å². The van der Waals surface area contributed by atoms with Crippen molar-refractivity contribution in [3.05, 3.63) is 57.7 Å². The first-order valence-electron chi connectivity index (χ1n) is 6.78. The van der Waals surface area contributed by atoms with Gasteiger partial charge in [-0.05, 0) is 31.2 Å². The van der Waals surface area contributed by atoms with Gasteiger partial charge in [-0.15, -0.1) is 0 Å². The quantitative estimate of drug-likeness (QED) is 0.786. The minimum atomic E-state index is -0.186. The lowest BCUT2D eigenvalue weighted by molar-refractivity contribution is 0.338. The molecule has 0 atom stereocenters. The molecule has 0 saturated carbocycles. The van der Waals surface area contributed by atoms with Gasteiger partial charge in [-0.25, -0.2) is 0 Å². The third kappa shape index (κ3) is 2.53. The van der Waals surface area contributed by atoms with Gasteiger partial charge in [0.25, 0.3) is 0 Å². The largest absolute Gasteiger partial charge is 0.508 e. The first-order chi connectivity index (χ1) is 10.6. The van der Waals surface area contributed by atoms with Gasteiger partial charge in [-0.3, -0.25) is 4.79 Å². The Kier molecular flexibility index (Phi) is 3.77. The molecule has 0 aliphatic heterocycles. The Labute approximate surface area is 131 Å². The maximum Gasteiger partial charge on any atom is 0.193 e. The summed E-state index contributed by atoms with van der Waals surface area (Å²) in [6.45, 7) is 2.26. The second kappa shape index (κ2) is 5.73. The minimum absolute atomic E-state index is 0.0772. The van der Waals surface area contributed by atoms with Crippen molar-refractivity contribution in [3.63, 3.8) is 0 Å². The van der Waals surface area contributed by atoms with E-state index in [0.29, 0.717) is 39.7 Å². The Morgan fingerprint density at radius 1 is 1.23 bits per heavy atom. The van der Waals surface area contributed by atoms with Gasteiger partial charge in [0.05, 0.1) is 22.6 Å². The van der Waals surface area contributed by atoms with E-state index in [1.54, 1.807) is 24.3 Å². The number of phenolic OH excluding ortho intramolecular Hbond substituents is 1. The van der Waals surface area contributed by atoms with Crippen LogP contribution >= 0.6 is 11.6 Å². The summed E-state index contributed by atoms with van der Waals surface area (Å²) in [5, 5.41) is 10.4. The summed E-state index contributed by atoms with van der Waals surface area (Å²) >= 11 is 6.11. The number of rotatable bonds is 3. The zero-order chi connectivity index (χ0) is 15.7. The van der Waals surface area contributed by atoms with Gasteiger partial charge in [-0.2, -0.15) is 0 Å². The molecule has 4 nitrogen and oxygen atoms in total.